The molecule has 7 nitrogen and oxygen atoms in total. The van der Waals surface area contributed by atoms with Gasteiger partial charge in [0.2, 0.25) is 0 Å². The molecular weight excluding hydrogens is 450 g/mol. The first kappa shape index (κ1) is 22.0. The second-order valence-corrected chi connectivity index (χ2v) is 9.13. The zero-order chi connectivity index (χ0) is 24.0. The number of ether oxygens (including phenoxy) is 1. The van der Waals surface area contributed by atoms with Gasteiger partial charge in [-0.25, -0.2) is 9.79 Å². The molecule has 0 bridgehead atoms. The second-order valence-electron chi connectivity index (χ2n) is 8.15. The summed E-state index contributed by atoms with van der Waals surface area (Å²) < 4.78 is 6.89. The topological polar surface area (TPSA) is 81.0 Å². The summed E-state index contributed by atoms with van der Waals surface area (Å²) in [5.74, 6) is -0.724. The molecule has 2 aliphatic heterocycles. The minimum absolute atomic E-state index is 0.187. The van der Waals surface area contributed by atoms with Crippen molar-refractivity contribution in [1.82, 2.24) is 4.57 Å². The summed E-state index contributed by atoms with van der Waals surface area (Å²) in [5, 5.41) is 0. The molecule has 0 radical (unpaired) electrons. The fourth-order valence-electron chi connectivity index (χ4n) is 4.64. The maximum Gasteiger partial charge on any atom is 0.338 e. The molecule has 0 N–H and O–H groups in total. The van der Waals surface area contributed by atoms with Gasteiger partial charge in [-0.1, -0.05) is 66.8 Å². The Bertz CT molecular complexity index is 1530. The van der Waals surface area contributed by atoms with E-state index in [1.54, 1.807) is 11.8 Å². The monoisotopic (exact) mass is 473 g/mol. The first-order valence-electron chi connectivity index (χ1n) is 11.1. The van der Waals surface area contributed by atoms with E-state index in [0.717, 1.165) is 23.2 Å². The Morgan fingerprint density at radius 2 is 1.79 bits per heavy atom. The van der Waals surface area contributed by atoms with Crippen LogP contribution in [0.5, 0.6) is 0 Å². The van der Waals surface area contributed by atoms with Crippen LogP contribution in [0.2, 0.25) is 0 Å². The molecule has 0 saturated carbocycles. The molecule has 172 valence electrons. The molecule has 8 heteroatoms. The summed E-state index contributed by atoms with van der Waals surface area (Å²) in [6, 6.07) is 16.2. The molecule has 34 heavy (non-hydrogen) atoms. The molecule has 2 aromatic carbocycles. The van der Waals surface area contributed by atoms with Gasteiger partial charge in [0, 0.05) is 12.1 Å². The number of para-hydroxylation sites is 1. The normalized spacial score (nSPS) is 18.5. The molecule has 1 aromatic heterocycles. The molecule has 0 aliphatic carbocycles. The van der Waals surface area contributed by atoms with E-state index in [0.29, 0.717) is 32.7 Å². The maximum absolute atomic E-state index is 13.9. The highest BCUT2D eigenvalue weighted by molar-refractivity contribution is 7.07. The number of hydrogen-bond donors (Lipinski definition) is 0. The fraction of sp³-hybridized carbons (Fsp3) is 0.231. The zero-order valence-electron chi connectivity index (χ0n) is 19.1. The third kappa shape index (κ3) is 3.25. The van der Waals surface area contributed by atoms with Gasteiger partial charge in [0.25, 0.3) is 11.5 Å². The van der Waals surface area contributed by atoms with Gasteiger partial charge < -0.3 is 9.64 Å². The van der Waals surface area contributed by atoms with Crippen LogP contribution in [0.3, 0.4) is 0 Å². The minimum Gasteiger partial charge on any atom is -0.466 e. The number of allylic oxidation sites excluding steroid dienone is 1. The lowest BCUT2D eigenvalue weighted by Crippen LogP contribution is -2.40. The number of hydrogen-bond acceptors (Lipinski definition) is 6. The van der Waals surface area contributed by atoms with E-state index in [4.69, 9.17) is 4.74 Å². The summed E-state index contributed by atoms with van der Waals surface area (Å²) in [6.45, 7) is 4.32. The molecule has 3 heterocycles. The number of fused-ring (bicyclic) bond motifs is 2. The van der Waals surface area contributed by atoms with Gasteiger partial charge in [0.15, 0.2) is 4.80 Å². The smallest absolute Gasteiger partial charge is 0.338 e. The van der Waals surface area contributed by atoms with Crippen LogP contribution in [-0.2, 0) is 14.3 Å². The molecule has 0 fully saturated rings. The zero-order valence-corrected chi connectivity index (χ0v) is 19.9. The van der Waals surface area contributed by atoms with Crippen LogP contribution in [-0.4, -0.2) is 30.1 Å². The fourth-order valence-corrected chi connectivity index (χ4v) is 5.78. The van der Waals surface area contributed by atoms with Crippen molar-refractivity contribution in [3.05, 3.63) is 96.7 Å². The molecule has 1 atom stereocenters. The maximum atomic E-state index is 13.9. The predicted octanol–water partition coefficient (Wildman–Crippen LogP) is 2.54. The van der Waals surface area contributed by atoms with E-state index in [2.05, 4.69) is 4.99 Å². The summed E-state index contributed by atoms with van der Waals surface area (Å²) >= 11 is 1.18. The third-order valence-electron chi connectivity index (χ3n) is 6.12. The number of methoxy groups -OCH3 is 1. The Balaban J connectivity index is 1.83. The standard InChI is InChI=1S/C26H23N3O4S/c1-4-14-28-18-13-9-8-12-17(18)20(23(28)30)22-24(31)29-21(16-10-6-5-7-11-16)19(25(32)33-3)15(2)27-26(29)34-22/h5-13,21H,4,14H2,1-3H3/b22-20-/t21-/m0/s1. The van der Waals surface area contributed by atoms with E-state index in [9.17, 15) is 14.4 Å². The van der Waals surface area contributed by atoms with Gasteiger partial charge in [-0.15, -0.1) is 0 Å². The van der Waals surface area contributed by atoms with Crippen molar-refractivity contribution >= 4 is 34.5 Å². The number of carbonyl (C=O) groups is 2. The first-order chi connectivity index (χ1) is 16.5. The Morgan fingerprint density at radius 3 is 2.50 bits per heavy atom. The van der Waals surface area contributed by atoms with E-state index < -0.39 is 12.0 Å². The van der Waals surface area contributed by atoms with Crippen LogP contribution >= 0.6 is 11.3 Å². The number of benzene rings is 2. The summed E-state index contributed by atoms with van der Waals surface area (Å²) in [4.78, 5) is 46.9. The summed E-state index contributed by atoms with van der Waals surface area (Å²) in [7, 11) is 1.31. The second kappa shape index (κ2) is 8.53. The molecule has 1 amide bonds. The molecule has 2 aliphatic rings. The van der Waals surface area contributed by atoms with Gasteiger partial charge in [-0.3, -0.25) is 14.2 Å². The number of esters is 1. The lowest BCUT2D eigenvalue weighted by molar-refractivity contribution is -0.136. The molecule has 0 saturated heterocycles. The SMILES string of the molecule is CCCN1C(=O)/C(=c2\sc3n(c2=O)[C@@H](c2ccccc2)C(C(=O)OC)=C(C)N=3)c2ccccc21. The Kier molecular flexibility index (Phi) is 5.53. The molecule has 0 unspecified atom stereocenters. The van der Waals surface area contributed by atoms with Crippen LogP contribution in [0.4, 0.5) is 5.69 Å². The largest absolute Gasteiger partial charge is 0.466 e. The number of rotatable bonds is 4. The molecule has 0 spiro atoms. The van der Waals surface area contributed by atoms with E-state index >= 15 is 0 Å². The highest BCUT2D eigenvalue weighted by atomic mass is 32.1. The molecule has 5 rings (SSSR count). The van der Waals surface area contributed by atoms with Crippen LogP contribution < -0.4 is 19.8 Å². The minimum atomic E-state index is -0.697. The highest BCUT2D eigenvalue weighted by Gasteiger charge is 2.36. The van der Waals surface area contributed by atoms with Crippen LogP contribution in [0.15, 0.2) is 75.7 Å². The first-order valence-corrected chi connectivity index (χ1v) is 11.9. The quantitative estimate of drug-likeness (QED) is 0.546. The number of aromatic nitrogens is 1. The van der Waals surface area contributed by atoms with Crippen molar-refractivity contribution < 1.29 is 14.3 Å². The predicted molar refractivity (Wildman–Crippen MR) is 130 cm³/mol. The number of nitrogens with zero attached hydrogens (tertiary/aromatic N) is 3. The third-order valence-corrected chi connectivity index (χ3v) is 7.17. The molecule has 3 aromatic rings. The van der Waals surface area contributed by atoms with Crippen molar-refractivity contribution in [3.63, 3.8) is 0 Å². The van der Waals surface area contributed by atoms with Gasteiger partial charge >= 0.3 is 5.97 Å². The van der Waals surface area contributed by atoms with Crippen LogP contribution in [0.25, 0.3) is 5.57 Å². The highest BCUT2D eigenvalue weighted by Crippen LogP contribution is 2.35. The number of thiazole rings is 1. The van der Waals surface area contributed by atoms with Crippen molar-refractivity contribution in [2.45, 2.75) is 26.3 Å². The van der Waals surface area contributed by atoms with Gasteiger partial charge in [0.05, 0.1) is 35.7 Å². The van der Waals surface area contributed by atoms with Crippen molar-refractivity contribution in [3.8, 4) is 0 Å². The van der Waals surface area contributed by atoms with Crippen LogP contribution in [0, 0.1) is 0 Å². The number of amides is 1. The number of anilines is 1. The van der Waals surface area contributed by atoms with Crippen molar-refractivity contribution in [1.29, 1.82) is 0 Å². The Hall–Kier alpha value is -3.78. The van der Waals surface area contributed by atoms with Crippen molar-refractivity contribution in [2.24, 2.45) is 4.99 Å². The van der Waals surface area contributed by atoms with Gasteiger partial charge in [-0.2, -0.15) is 0 Å². The molecular formula is C26H23N3O4S. The van der Waals surface area contributed by atoms with Gasteiger partial charge in [0.1, 0.15) is 4.53 Å². The average Bonchev–Trinajstić information content (AvgIpc) is 3.31. The van der Waals surface area contributed by atoms with Crippen LogP contribution in [0.1, 0.15) is 37.4 Å². The van der Waals surface area contributed by atoms with E-state index in [1.807, 2.05) is 61.5 Å². The van der Waals surface area contributed by atoms with Crippen molar-refractivity contribution in [2.75, 3.05) is 18.6 Å². The summed E-state index contributed by atoms with van der Waals surface area (Å²) in [6.07, 6.45) is 0.796. The lowest BCUT2D eigenvalue weighted by Gasteiger charge is -2.24. The number of carbonyl (C=O) groups excluding carboxylic acids is 2. The van der Waals surface area contributed by atoms with E-state index in [-0.39, 0.29) is 11.5 Å². The average molecular weight is 474 g/mol. The van der Waals surface area contributed by atoms with E-state index in [1.165, 1.54) is 23.0 Å². The Labute approximate surface area is 199 Å². The Morgan fingerprint density at radius 1 is 1.09 bits per heavy atom. The summed E-state index contributed by atoms with van der Waals surface area (Å²) in [5.41, 5.74) is 3.16. The van der Waals surface area contributed by atoms with Gasteiger partial charge in [-0.05, 0) is 25.0 Å². The lowest BCUT2D eigenvalue weighted by atomic mass is 9.96.